The SMILES string of the molecule is COc1cc([N+](=O)[O-])ccc1NC(=O)C[NH+](C)Cc1ccc(C)cc1C. The summed E-state index contributed by atoms with van der Waals surface area (Å²) in [5.41, 5.74) is 3.96. The minimum atomic E-state index is -0.504. The van der Waals surface area contributed by atoms with Gasteiger partial charge in [-0.05, 0) is 25.5 Å². The van der Waals surface area contributed by atoms with Gasteiger partial charge in [-0.1, -0.05) is 23.8 Å². The maximum atomic E-state index is 12.3. The van der Waals surface area contributed by atoms with E-state index in [1.807, 2.05) is 7.05 Å². The van der Waals surface area contributed by atoms with Crippen molar-refractivity contribution in [3.63, 3.8) is 0 Å². The van der Waals surface area contributed by atoms with E-state index < -0.39 is 4.92 Å². The van der Waals surface area contributed by atoms with Crippen molar-refractivity contribution in [1.82, 2.24) is 0 Å². The molecule has 0 aliphatic carbocycles. The number of nitrogens with zero attached hydrogens (tertiary/aromatic N) is 1. The lowest BCUT2D eigenvalue weighted by atomic mass is 10.1. The number of anilines is 1. The van der Waals surface area contributed by atoms with Crippen molar-refractivity contribution < 1.29 is 19.4 Å². The molecule has 0 spiro atoms. The number of methoxy groups -OCH3 is 1. The Bertz CT molecular complexity index is 820. The van der Waals surface area contributed by atoms with Gasteiger partial charge in [-0.25, -0.2) is 0 Å². The maximum absolute atomic E-state index is 12.3. The monoisotopic (exact) mass is 358 g/mol. The van der Waals surface area contributed by atoms with Crippen molar-refractivity contribution in [2.45, 2.75) is 20.4 Å². The lowest BCUT2D eigenvalue weighted by molar-refractivity contribution is -0.885. The summed E-state index contributed by atoms with van der Waals surface area (Å²) in [7, 11) is 3.36. The molecule has 138 valence electrons. The van der Waals surface area contributed by atoms with E-state index in [-0.39, 0.29) is 23.9 Å². The van der Waals surface area contributed by atoms with Gasteiger partial charge < -0.3 is 15.0 Å². The highest BCUT2D eigenvalue weighted by Gasteiger charge is 2.16. The third-order valence-electron chi connectivity index (χ3n) is 4.12. The number of nitro groups is 1. The number of ether oxygens (including phenoxy) is 1. The zero-order valence-corrected chi connectivity index (χ0v) is 15.5. The number of carbonyl (C=O) groups is 1. The first-order chi connectivity index (χ1) is 12.3. The summed E-state index contributed by atoms with van der Waals surface area (Å²) in [6.45, 7) is 5.13. The molecule has 7 heteroatoms. The van der Waals surface area contributed by atoms with Crippen LogP contribution in [0.4, 0.5) is 11.4 Å². The number of rotatable bonds is 7. The Hall–Kier alpha value is -2.93. The molecule has 26 heavy (non-hydrogen) atoms. The minimum absolute atomic E-state index is 0.0857. The molecule has 7 nitrogen and oxygen atoms in total. The van der Waals surface area contributed by atoms with Gasteiger partial charge in [0, 0.05) is 11.6 Å². The quantitative estimate of drug-likeness (QED) is 0.584. The van der Waals surface area contributed by atoms with E-state index in [0.29, 0.717) is 5.69 Å². The van der Waals surface area contributed by atoms with Crippen LogP contribution in [0.3, 0.4) is 0 Å². The molecule has 0 saturated heterocycles. The second kappa shape index (κ2) is 8.44. The zero-order chi connectivity index (χ0) is 19.3. The van der Waals surface area contributed by atoms with Gasteiger partial charge in [0.2, 0.25) is 0 Å². The van der Waals surface area contributed by atoms with Crippen molar-refractivity contribution in [1.29, 1.82) is 0 Å². The Morgan fingerprint density at radius 1 is 1.23 bits per heavy atom. The van der Waals surface area contributed by atoms with Crippen LogP contribution in [0.25, 0.3) is 0 Å². The summed E-state index contributed by atoms with van der Waals surface area (Å²) in [5, 5.41) is 13.6. The van der Waals surface area contributed by atoms with Gasteiger partial charge in [-0.3, -0.25) is 14.9 Å². The van der Waals surface area contributed by atoms with E-state index in [4.69, 9.17) is 4.74 Å². The lowest BCUT2D eigenvalue weighted by Gasteiger charge is -2.16. The highest BCUT2D eigenvalue weighted by molar-refractivity contribution is 5.93. The molecule has 0 saturated carbocycles. The minimum Gasteiger partial charge on any atom is -0.494 e. The molecule has 1 atom stereocenters. The number of aryl methyl sites for hydroxylation is 2. The molecule has 0 aliphatic heterocycles. The smallest absolute Gasteiger partial charge is 0.279 e. The Morgan fingerprint density at radius 2 is 1.96 bits per heavy atom. The van der Waals surface area contributed by atoms with Gasteiger partial charge in [0.25, 0.3) is 11.6 Å². The molecule has 0 aromatic heterocycles. The largest absolute Gasteiger partial charge is 0.494 e. The Kier molecular flexibility index (Phi) is 6.30. The first-order valence-corrected chi connectivity index (χ1v) is 8.30. The molecular formula is C19H24N3O4+. The van der Waals surface area contributed by atoms with Crippen molar-refractivity contribution in [2.24, 2.45) is 0 Å². The number of carbonyl (C=O) groups excluding carboxylic acids is 1. The van der Waals surface area contributed by atoms with Gasteiger partial charge in [-0.15, -0.1) is 0 Å². The van der Waals surface area contributed by atoms with Gasteiger partial charge in [0.15, 0.2) is 6.54 Å². The zero-order valence-electron chi connectivity index (χ0n) is 15.5. The molecule has 2 rings (SSSR count). The number of nitro benzene ring substituents is 1. The number of hydrogen-bond donors (Lipinski definition) is 2. The average Bonchev–Trinajstić information content (AvgIpc) is 2.57. The highest BCUT2D eigenvalue weighted by atomic mass is 16.6. The number of nitrogens with one attached hydrogen (secondary N) is 2. The van der Waals surface area contributed by atoms with E-state index in [9.17, 15) is 14.9 Å². The standard InChI is InChI=1S/C19H23N3O4/c1-13-5-6-15(14(2)9-13)11-21(3)12-19(23)20-17-8-7-16(22(24)25)10-18(17)26-4/h5-10H,11-12H2,1-4H3,(H,20,23)/p+1. The van der Waals surface area contributed by atoms with E-state index in [1.54, 1.807) is 0 Å². The fourth-order valence-electron chi connectivity index (χ4n) is 2.80. The number of quaternary nitrogens is 1. The van der Waals surface area contributed by atoms with E-state index >= 15 is 0 Å². The van der Waals surface area contributed by atoms with Crippen molar-refractivity contribution >= 4 is 17.3 Å². The van der Waals surface area contributed by atoms with Crippen LogP contribution in [0.2, 0.25) is 0 Å². The summed E-state index contributed by atoms with van der Waals surface area (Å²) >= 11 is 0. The van der Waals surface area contributed by atoms with Gasteiger partial charge in [0.05, 0.1) is 30.8 Å². The maximum Gasteiger partial charge on any atom is 0.279 e. The third kappa shape index (κ3) is 5.03. The normalized spacial score (nSPS) is 11.7. The van der Waals surface area contributed by atoms with E-state index in [2.05, 4.69) is 37.4 Å². The molecule has 0 bridgehead atoms. The molecule has 0 aliphatic rings. The number of non-ortho nitro benzene ring substituents is 1. The summed E-state index contributed by atoms with van der Waals surface area (Å²) in [6, 6.07) is 10.4. The predicted octanol–water partition coefficient (Wildman–Crippen LogP) is 1.87. The van der Waals surface area contributed by atoms with Crippen molar-refractivity contribution in [3.8, 4) is 5.75 Å². The fraction of sp³-hybridized carbons (Fsp3) is 0.316. The fourth-order valence-corrected chi connectivity index (χ4v) is 2.80. The molecule has 2 aromatic carbocycles. The number of hydrogen-bond acceptors (Lipinski definition) is 4. The van der Waals surface area contributed by atoms with Crippen molar-refractivity contribution in [3.05, 3.63) is 63.2 Å². The van der Waals surface area contributed by atoms with E-state index in [0.717, 1.165) is 11.4 Å². The van der Waals surface area contributed by atoms with Crippen molar-refractivity contribution in [2.75, 3.05) is 26.0 Å². The molecule has 0 radical (unpaired) electrons. The molecule has 2 N–H and O–H groups in total. The summed E-state index contributed by atoms with van der Waals surface area (Å²) in [6.07, 6.45) is 0. The van der Waals surface area contributed by atoms with E-state index in [1.165, 1.54) is 42.0 Å². The van der Waals surface area contributed by atoms with Crippen LogP contribution in [0.15, 0.2) is 36.4 Å². The van der Waals surface area contributed by atoms with Crippen LogP contribution in [-0.4, -0.2) is 31.5 Å². The Morgan fingerprint density at radius 3 is 2.58 bits per heavy atom. The highest BCUT2D eigenvalue weighted by Crippen LogP contribution is 2.28. The van der Waals surface area contributed by atoms with Crippen LogP contribution in [0.1, 0.15) is 16.7 Å². The molecule has 1 amide bonds. The number of benzene rings is 2. The average molecular weight is 358 g/mol. The molecular weight excluding hydrogens is 334 g/mol. The third-order valence-corrected chi connectivity index (χ3v) is 4.12. The number of amides is 1. The van der Waals surface area contributed by atoms with Crippen LogP contribution >= 0.6 is 0 Å². The van der Waals surface area contributed by atoms with Crippen LogP contribution in [0.5, 0.6) is 5.75 Å². The first kappa shape index (κ1) is 19.4. The Balaban J connectivity index is 2.00. The topological polar surface area (TPSA) is 85.9 Å². The second-order valence-electron chi connectivity index (χ2n) is 6.43. The number of likely N-dealkylation sites (N-methyl/N-ethyl adjacent to an activating group) is 1. The molecule has 0 fully saturated rings. The summed E-state index contributed by atoms with van der Waals surface area (Å²) in [5.74, 6) is 0.0824. The van der Waals surface area contributed by atoms with Crippen LogP contribution in [0, 0.1) is 24.0 Å². The van der Waals surface area contributed by atoms with Crippen LogP contribution in [-0.2, 0) is 11.3 Å². The molecule has 1 unspecified atom stereocenters. The van der Waals surface area contributed by atoms with Crippen LogP contribution < -0.4 is 15.0 Å². The molecule has 2 aromatic rings. The predicted molar refractivity (Wildman–Crippen MR) is 99.7 cm³/mol. The summed E-state index contributed by atoms with van der Waals surface area (Å²) < 4.78 is 5.14. The van der Waals surface area contributed by atoms with Gasteiger partial charge in [0.1, 0.15) is 12.3 Å². The lowest BCUT2D eigenvalue weighted by Crippen LogP contribution is -3.08. The Labute approximate surface area is 152 Å². The second-order valence-corrected chi connectivity index (χ2v) is 6.43. The summed E-state index contributed by atoms with van der Waals surface area (Å²) in [4.78, 5) is 23.7. The first-order valence-electron chi connectivity index (χ1n) is 8.30. The van der Waals surface area contributed by atoms with Gasteiger partial charge >= 0.3 is 0 Å². The molecule has 0 heterocycles. The van der Waals surface area contributed by atoms with Gasteiger partial charge in [-0.2, -0.15) is 0 Å².